The number of aliphatic hydroxyl groups is 1. The van der Waals surface area contributed by atoms with Crippen LogP contribution < -0.4 is 9.46 Å². The molecule has 0 aromatic heterocycles. The Morgan fingerprint density at radius 3 is 2.70 bits per heavy atom. The number of sulfonamides is 1. The number of aliphatic hydroxyl groups excluding tert-OH is 1. The number of methoxy groups -OCH3 is 1. The average molecular weight is 301 g/mol. The number of nitrogens with one attached hydrogen (secondary N) is 1. The fraction of sp³-hybridized carbons (Fsp3) is 0.571. The van der Waals surface area contributed by atoms with Gasteiger partial charge in [-0.25, -0.2) is 13.1 Å². The van der Waals surface area contributed by atoms with Crippen LogP contribution in [0.4, 0.5) is 0 Å². The van der Waals surface area contributed by atoms with Gasteiger partial charge in [-0.1, -0.05) is 13.0 Å². The molecule has 114 valence electrons. The molecule has 0 spiro atoms. The molecule has 0 aliphatic carbocycles. The van der Waals surface area contributed by atoms with Gasteiger partial charge < -0.3 is 9.84 Å². The molecule has 0 saturated carbocycles. The molecule has 0 aliphatic rings. The van der Waals surface area contributed by atoms with Crippen LogP contribution in [0.5, 0.6) is 5.75 Å². The first-order valence-corrected chi connectivity index (χ1v) is 8.14. The van der Waals surface area contributed by atoms with Gasteiger partial charge in [0, 0.05) is 13.2 Å². The summed E-state index contributed by atoms with van der Waals surface area (Å²) in [5, 5.41) is 8.92. The fourth-order valence-corrected chi connectivity index (χ4v) is 3.15. The van der Waals surface area contributed by atoms with Crippen molar-refractivity contribution >= 4 is 10.0 Å². The third-order valence-corrected chi connectivity index (χ3v) is 4.57. The highest BCUT2D eigenvalue weighted by atomic mass is 32.2. The van der Waals surface area contributed by atoms with Gasteiger partial charge >= 0.3 is 0 Å². The topological polar surface area (TPSA) is 75.6 Å². The molecule has 0 heterocycles. The predicted molar refractivity (Wildman–Crippen MR) is 78.4 cm³/mol. The number of ether oxygens (including phenoxy) is 1. The van der Waals surface area contributed by atoms with E-state index in [1.165, 1.54) is 7.11 Å². The van der Waals surface area contributed by atoms with Crippen LogP contribution in [0.15, 0.2) is 23.1 Å². The van der Waals surface area contributed by atoms with E-state index in [0.29, 0.717) is 18.7 Å². The van der Waals surface area contributed by atoms with Crippen molar-refractivity contribution in [1.82, 2.24) is 4.72 Å². The number of aryl methyl sites for hydroxylation is 1. The first kappa shape index (κ1) is 16.9. The van der Waals surface area contributed by atoms with Crippen LogP contribution in [0, 0.1) is 12.8 Å². The molecule has 0 fully saturated rings. The zero-order chi connectivity index (χ0) is 15.2. The summed E-state index contributed by atoms with van der Waals surface area (Å²) in [6.45, 7) is 4.24. The van der Waals surface area contributed by atoms with E-state index in [9.17, 15) is 8.42 Å². The molecule has 0 amide bonds. The quantitative estimate of drug-likeness (QED) is 0.717. The molecule has 1 atom stereocenters. The number of benzene rings is 1. The molecule has 6 heteroatoms. The van der Waals surface area contributed by atoms with Crippen molar-refractivity contribution in [2.45, 2.75) is 31.6 Å². The van der Waals surface area contributed by atoms with Crippen LogP contribution in [0.1, 0.15) is 25.3 Å². The summed E-state index contributed by atoms with van der Waals surface area (Å²) in [5.41, 5.74) is 0.861. The van der Waals surface area contributed by atoms with Crippen LogP contribution in [0.3, 0.4) is 0 Å². The Labute approximate surface area is 121 Å². The molecule has 1 unspecified atom stereocenters. The number of hydrogen-bond acceptors (Lipinski definition) is 4. The Bertz CT molecular complexity index is 528. The first-order chi connectivity index (χ1) is 9.40. The minimum atomic E-state index is -3.57. The number of rotatable bonds is 8. The molecule has 0 saturated heterocycles. The lowest BCUT2D eigenvalue weighted by Gasteiger charge is -2.12. The summed E-state index contributed by atoms with van der Waals surface area (Å²) in [4.78, 5) is 0.162. The Morgan fingerprint density at radius 1 is 1.40 bits per heavy atom. The highest BCUT2D eigenvalue weighted by molar-refractivity contribution is 7.89. The van der Waals surface area contributed by atoms with Crippen LogP contribution in [0.25, 0.3) is 0 Å². The highest BCUT2D eigenvalue weighted by Gasteiger charge is 2.19. The van der Waals surface area contributed by atoms with Gasteiger partial charge in [0.1, 0.15) is 10.6 Å². The second-order valence-electron chi connectivity index (χ2n) is 4.98. The molecule has 20 heavy (non-hydrogen) atoms. The SMILES string of the molecule is COc1ccc(C)cc1S(=O)(=O)NCCCC(C)CO. The standard InChI is InChI=1S/C14H23NO4S/c1-11-6-7-13(19-3)14(9-11)20(17,18)15-8-4-5-12(2)10-16/h6-7,9,12,15-16H,4-5,8,10H2,1-3H3. The second kappa shape index (κ2) is 7.61. The maximum atomic E-state index is 12.2. The van der Waals surface area contributed by atoms with Crippen LogP contribution in [-0.2, 0) is 10.0 Å². The molecule has 0 aliphatic heterocycles. The molecule has 2 N–H and O–H groups in total. The average Bonchev–Trinajstić information content (AvgIpc) is 2.43. The van der Waals surface area contributed by atoms with Crippen molar-refractivity contribution in [3.8, 4) is 5.75 Å². The largest absolute Gasteiger partial charge is 0.495 e. The van der Waals surface area contributed by atoms with Gasteiger partial charge in [0.05, 0.1) is 7.11 Å². The lowest BCUT2D eigenvalue weighted by molar-refractivity contribution is 0.228. The molecule has 0 radical (unpaired) electrons. The predicted octanol–water partition coefficient (Wildman–Crippen LogP) is 1.69. The minimum absolute atomic E-state index is 0.123. The molecule has 1 rings (SSSR count). The van der Waals surface area contributed by atoms with Crippen LogP contribution in [0.2, 0.25) is 0 Å². The monoisotopic (exact) mass is 301 g/mol. The molecule has 5 nitrogen and oxygen atoms in total. The molecule has 1 aromatic carbocycles. The van der Waals surface area contributed by atoms with Crippen molar-refractivity contribution < 1.29 is 18.3 Å². The lowest BCUT2D eigenvalue weighted by atomic mass is 10.1. The van der Waals surface area contributed by atoms with E-state index in [1.807, 2.05) is 13.8 Å². The Hall–Kier alpha value is -1.11. The summed E-state index contributed by atoms with van der Waals surface area (Å²) < 4.78 is 32.1. The van der Waals surface area contributed by atoms with E-state index in [0.717, 1.165) is 12.0 Å². The maximum Gasteiger partial charge on any atom is 0.244 e. The van der Waals surface area contributed by atoms with E-state index in [1.54, 1.807) is 18.2 Å². The van der Waals surface area contributed by atoms with Gasteiger partial charge in [0.2, 0.25) is 10.0 Å². The highest BCUT2D eigenvalue weighted by Crippen LogP contribution is 2.24. The smallest absolute Gasteiger partial charge is 0.244 e. The van der Waals surface area contributed by atoms with E-state index in [4.69, 9.17) is 9.84 Å². The van der Waals surface area contributed by atoms with Gasteiger partial charge in [-0.05, 0) is 43.4 Å². The second-order valence-corrected chi connectivity index (χ2v) is 6.72. The van der Waals surface area contributed by atoms with Crippen molar-refractivity contribution in [1.29, 1.82) is 0 Å². The van der Waals surface area contributed by atoms with Gasteiger partial charge in [0.25, 0.3) is 0 Å². The van der Waals surface area contributed by atoms with Crippen LogP contribution >= 0.6 is 0 Å². The van der Waals surface area contributed by atoms with Crippen molar-refractivity contribution in [3.05, 3.63) is 23.8 Å². The van der Waals surface area contributed by atoms with Crippen molar-refractivity contribution in [3.63, 3.8) is 0 Å². The molecular weight excluding hydrogens is 278 g/mol. The number of hydrogen-bond donors (Lipinski definition) is 2. The van der Waals surface area contributed by atoms with E-state index >= 15 is 0 Å². The van der Waals surface area contributed by atoms with Gasteiger partial charge in [-0.15, -0.1) is 0 Å². The Balaban J connectivity index is 2.71. The normalized spacial score (nSPS) is 13.2. The zero-order valence-electron chi connectivity index (χ0n) is 12.2. The maximum absolute atomic E-state index is 12.2. The third-order valence-electron chi connectivity index (χ3n) is 3.09. The lowest BCUT2D eigenvalue weighted by Crippen LogP contribution is -2.25. The molecular formula is C14H23NO4S. The summed E-state index contributed by atoms with van der Waals surface area (Å²) >= 11 is 0. The Morgan fingerprint density at radius 2 is 2.10 bits per heavy atom. The van der Waals surface area contributed by atoms with E-state index < -0.39 is 10.0 Å². The van der Waals surface area contributed by atoms with Crippen LogP contribution in [-0.4, -0.2) is 33.8 Å². The minimum Gasteiger partial charge on any atom is -0.495 e. The Kier molecular flexibility index (Phi) is 6.45. The summed E-state index contributed by atoms with van der Waals surface area (Å²) in [6, 6.07) is 5.05. The summed E-state index contributed by atoms with van der Waals surface area (Å²) in [5.74, 6) is 0.528. The summed E-state index contributed by atoms with van der Waals surface area (Å²) in [6.07, 6.45) is 1.47. The molecule has 1 aromatic rings. The van der Waals surface area contributed by atoms with Crippen molar-refractivity contribution in [2.24, 2.45) is 5.92 Å². The van der Waals surface area contributed by atoms with Crippen molar-refractivity contribution in [2.75, 3.05) is 20.3 Å². The van der Waals surface area contributed by atoms with Gasteiger partial charge in [-0.2, -0.15) is 0 Å². The molecule has 0 bridgehead atoms. The third kappa shape index (κ3) is 4.77. The summed E-state index contributed by atoms with van der Waals surface area (Å²) in [7, 11) is -2.12. The van der Waals surface area contributed by atoms with Gasteiger partial charge in [0.15, 0.2) is 0 Å². The van der Waals surface area contributed by atoms with Gasteiger partial charge in [-0.3, -0.25) is 0 Å². The van der Waals surface area contributed by atoms with E-state index in [2.05, 4.69) is 4.72 Å². The fourth-order valence-electron chi connectivity index (χ4n) is 1.82. The first-order valence-electron chi connectivity index (χ1n) is 6.66. The zero-order valence-corrected chi connectivity index (χ0v) is 13.0. The van der Waals surface area contributed by atoms with E-state index in [-0.39, 0.29) is 17.4 Å².